The molecule has 0 fully saturated rings. The molecule has 1 aromatic carbocycles. The SMILES string of the molecule is CC(CC(O)c1ccco1)NC(C)c1cccc(CO)c1. The summed E-state index contributed by atoms with van der Waals surface area (Å²) in [6.07, 6.45) is 1.55. The fraction of sp³-hybridized carbons (Fsp3) is 0.412. The molecule has 114 valence electrons. The Labute approximate surface area is 125 Å². The molecule has 0 aliphatic heterocycles. The van der Waals surface area contributed by atoms with Crippen LogP contribution in [-0.2, 0) is 6.61 Å². The molecule has 0 spiro atoms. The van der Waals surface area contributed by atoms with E-state index in [1.807, 2.05) is 31.2 Å². The summed E-state index contributed by atoms with van der Waals surface area (Å²) in [4.78, 5) is 0. The fourth-order valence-corrected chi connectivity index (χ4v) is 2.48. The molecule has 3 unspecified atom stereocenters. The van der Waals surface area contributed by atoms with Crippen LogP contribution in [0.2, 0.25) is 0 Å². The number of rotatable bonds is 7. The van der Waals surface area contributed by atoms with Gasteiger partial charge in [0.1, 0.15) is 11.9 Å². The lowest BCUT2D eigenvalue weighted by Crippen LogP contribution is -2.30. The maximum atomic E-state index is 10.1. The molecule has 0 aliphatic carbocycles. The second-order valence-corrected chi connectivity index (χ2v) is 5.46. The molecular weight excluding hydrogens is 266 g/mol. The van der Waals surface area contributed by atoms with E-state index in [-0.39, 0.29) is 18.7 Å². The first-order chi connectivity index (χ1) is 10.1. The van der Waals surface area contributed by atoms with Gasteiger partial charge in [0.15, 0.2) is 0 Å². The molecule has 1 heterocycles. The Kier molecular flexibility index (Phi) is 5.56. The largest absolute Gasteiger partial charge is 0.467 e. The molecule has 0 saturated heterocycles. The molecule has 3 atom stereocenters. The molecule has 0 amide bonds. The van der Waals surface area contributed by atoms with E-state index >= 15 is 0 Å². The Bertz CT molecular complexity index is 539. The topological polar surface area (TPSA) is 65.6 Å². The monoisotopic (exact) mass is 289 g/mol. The first-order valence-corrected chi connectivity index (χ1v) is 7.27. The van der Waals surface area contributed by atoms with Crippen molar-refractivity contribution in [1.82, 2.24) is 5.32 Å². The minimum Gasteiger partial charge on any atom is -0.467 e. The van der Waals surface area contributed by atoms with Crippen LogP contribution in [0.25, 0.3) is 0 Å². The summed E-state index contributed by atoms with van der Waals surface area (Å²) < 4.78 is 5.21. The van der Waals surface area contributed by atoms with Gasteiger partial charge in [-0.15, -0.1) is 0 Å². The van der Waals surface area contributed by atoms with Crippen LogP contribution in [0.3, 0.4) is 0 Å². The smallest absolute Gasteiger partial charge is 0.132 e. The van der Waals surface area contributed by atoms with Crippen LogP contribution in [0.4, 0.5) is 0 Å². The third-order valence-corrected chi connectivity index (χ3v) is 3.62. The summed E-state index contributed by atoms with van der Waals surface area (Å²) in [6.45, 7) is 4.16. The van der Waals surface area contributed by atoms with Crippen LogP contribution < -0.4 is 5.32 Å². The Morgan fingerprint density at radius 3 is 2.67 bits per heavy atom. The van der Waals surface area contributed by atoms with Crippen molar-refractivity contribution in [3.05, 3.63) is 59.5 Å². The molecule has 4 heteroatoms. The van der Waals surface area contributed by atoms with E-state index in [0.29, 0.717) is 12.2 Å². The van der Waals surface area contributed by atoms with E-state index in [2.05, 4.69) is 12.2 Å². The predicted molar refractivity (Wildman–Crippen MR) is 81.7 cm³/mol. The van der Waals surface area contributed by atoms with Crippen molar-refractivity contribution < 1.29 is 14.6 Å². The molecule has 0 bridgehead atoms. The number of aliphatic hydroxyl groups excluding tert-OH is 2. The third kappa shape index (κ3) is 4.43. The zero-order valence-electron chi connectivity index (χ0n) is 12.5. The summed E-state index contributed by atoms with van der Waals surface area (Å²) in [5.41, 5.74) is 2.03. The summed E-state index contributed by atoms with van der Waals surface area (Å²) in [5, 5.41) is 22.7. The van der Waals surface area contributed by atoms with Gasteiger partial charge >= 0.3 is 0 Å². The normalized spacial score (nSPS) is 15.6. The Morgan fingerprint density at radius 2 is 2.00 bits per heavy atom. The van der Waals surface area contributed by atoms with Crippen molar-refractivity contribution in [3.63, 3.8) is 0 Å². The van der Waals surface area contributed by atoms with Crippen LogP contribution in [-0.4, -0.2) is 16.3 Å². The number of aliphatic hydroxyl groups is 2. The van der Waals surface area contributed by atoms with Gasteiger partial charge < -0.3 is 19.9 Å². The number of hydrogen-bond donors (Lipinski definition) is 3. The van der Waals surface area contributed by atoms with E-state index < -0.39 is 6.10 Å². The van der Waals surface area contributed by atoms with Gasteiger partial charge in [0.2, 0.25) is 0 Å². The van der Waals surface area contributed by atoms with Gasteiger partial charge in [0, 0.05) is 12.1 Å². The van der Waals surface area contributed by atoms with Crippen molar-refractivity contribution in [2.75, 3.05) is 0 Å². The third-order valence-electron chi connectivity index (χ3n) is 3.62. The van der Waals surface area contributed by atoms with Gasteiger partial charge in [-0.2, -0.15) is 0 Å². The molecule has 3 N–H and O–H groups in total. The highest BCUT2D eigenvalue weighted by Crippen LogP contribution is 2.21. The van der Waals surface area contributed by atoms with Gasteiger partial charge in [-0.05, 0) is 43.5 Å². The Morgan fingerprint density at radius 1 is 1.19 bits per heavy atom. The molecule has 0 saturated carbocycles. The Balaban J connectivity index is 1.90. The second kappa shape index (κ2) is 7.41. The van der Waals surface area contributed by atoms with Gasteiger partial charge in [-0.1, -0.05) is 24.3 Å². The highest BCUT2D eigenvalue weighted by atomic mass is 16.4. The molecule has 21 heavy (non-hydrogen) atoms. The zero-order chi connectivity index (χ0) is 15.2. The highest BCUT2D eigenvalue weighted by Gasteiger charge is 2.16. The first-order valence-electron chi connectivity index (χ1n) is 7.27. The first kappa shape index (κ1) is 15.8. The van der Waals surface area contributed by atoms with Crippen LogP contribution in [0.1, 0.15) is 49.3 Å². The lowest BCUT2D eigenvalue weighted by molar-refractivity contribution is 0.127. The highest BCUT2D eigenvalue weighted by molar-refractivity contribution is 5.25. The van der Waals surface area contributed by atoms with Gasteiger partial charge in [-0.25, -0.2) is 0 Å². The average Bonchev–Trinajstić information content (AvgIpc) is 3.01. The van der Waals surface area contributed by atoms with Crippen molar-refractivity contribution in [2.45, 2.75) is 45.1 Å². The number of hydrogen-bond acceptors (Lipinski definition) is 4. The van der Waals surface area contributed by atoms with E-state index in [0.717, 1.165) is 11.1 Å². The molecule has 4 nitrogen and oxygen atoms in total. The number of benzene rings is 1. The lowest BCUT2D eigenvalue weighted by atomic mass is 10.0. The van der Waals surface area contributed by atoms with E-state index in [4.69, 9.17) is 4.42 Å². The van der Waals surface area contributed by atoms with Gasteiger partial charge in [0.25, 0.3) is 0 Å². The fourth-order valence-electron chi connectivity index (χ4n) is 2.48. The van der Waals surface area contributed by atoms with E-state index in [1.54, 1.807) is 18.4 Å². The molecule has 0 aliphatic rings. The zero-order valence-corrected chi connectivity index (χ0v) is 12.5. The van der Waals surface area contributed by atoms with Crippen molar-refractivity contribution >= 4 is 0 Å². The molecule has 1 aromatic heterocycles. The second-order valence-electron chi connectivity index (χ2n) is 5.46. The molecular formula is C17H23NO3. The van der Waals surface area contributed by atoms with Gasteiger partial charge in [-0.3, -0.25) is 0 Å². The summed E-state index contributed by atoms with van der Waals surface area (Å²) >= 11 is 0. The minimum absolute atomic E-state index is 0.0489. The summed E-state index contributed by atoms with van der Waals surface area (Å²) in [6, 6.07) is 11.7. The maximum absolute atomic E-state index is 10.1. The summed E-state index contributed by atoms with van der Waals surface area (Å²) in [7, 11) is 0. The average molecular weight is 289 g/mol. The van der Waals surface area contributed by atoms with Crippen molar-refractivity contribution in [3.8, 4) is 0 Å². The lowest BCUT2D eigenvalue weighted by Gasteiger charge is -2.22. The van der Waals surface area contributed by atoms with Crippen molar-refractivity contribution in [1.29, 1.82) is 0 Å². The molecule has 2 aromatic rings. The summed E-state index contributed by atoms with van der Waals surface area (Å²) in [5.74, 6) is 0.596. The van der Waals surface area contributed by atoms with Crippen molar-refractivity contribution in [2.24, 2.45) is 0 Å². The van der Waals surface area contributed by atoms with Crippen LogP contribution in [0.15, 0.2) is 47.1 Å². The van der Waals surface area contributed by atoms with E-state index in [9.17, 15) is 10.2 Å². The minimum atomic E-state index is -0.599. The van der Waals surface area contributed by atoms with E-state index in [1.165, 1.54) is 0 Å². The number of nitrogens with one attached hydrogen (secondary N) is 1. The molecule has 2 rings (SSSR count). The van der Waals surface area contributed by atoms with Crippen LogP contribution in [0, 0.1) is 0 Å². The number of furan rings is 1. The molecule has 0 radical (unpaired) electrons. The maximum Gasteiger partial charge on any atom is 0.132 e. The standard InChI is InChI=1S/C17H23NO3/c1-12(9-16(20)17-7-4-8-21-17)18-13(2)15-6-3-5-14(10-15)11-19/h3-8,10,12-13,16,18-20H,9,11H2,1-2H3. The van der Waals surface area contributed by atoms with Gasteiger partial charge in [0.05, 0.1) is 12.9 Å². The Hall–Kier alpha value is -1.62. The van der Waals surface area contributed by atoms with Crippen LogP contribution >= 0.6 is 0 Å². The van der Waals surface area contributed by atoms with Crippen LogP contribution in [0.5, 0.6) is 0 Å². The predicted octanol–water partition coefficient (Wildman–Crippen LogP) is 2.93. The quantitative estimate of drug-likeness (QED) is 0.733.